The second-order valence-electron chi connectivity index (χ2n) is 7.13. The van der Waals surface area contributed by atoms with Gasteiger partial charge in [0.2, 0.25) is 0 Å². The van der Waals surface area contributed by atoms with Gasteiger partial charge >= 0.3 is 0 Å². The number of rotatable bonds is 2. The van der Waals surface area contributed by atoms with Gasteiger partial charge < -0.3 is 10.0 Å². The Bertz CT molecular complexity index is 241. The third kappa shape index (κ3) is 3.69. The molecule has 2 aliphatic rings. The molecule has 100 valence electrons. The Kier molecular flexibility index (Phi) is 4.14. The first-order valence-corrected chi connectivity index (χ1v) is 7.38. The van der Waals surface area contributed by atoms with Crippen LogP contribution in [0.4, 0.5) is 0 Å². The number of likely N-dealkylation sites (tertiary alicyclic amines) is 1. The molecule has 0 spiro atoms. The van der Waals surface area contributed by atoms with Gasteiger partial charge in [-0.1, -0.05) is 13.8 Å². The number of aliphatic hydroxyl groups excluding tert-OH is 1. The van der Waals surface area contributed by atoms with Crippen LogP contribution in [0.5, 0.6) is 0 Å². The van der Waals surface area contributed by atoms with Gasteiger partial charge in [0.05, 0.1) is 6.10 Å². The zero-order valence-corrected chi connectivity index (χ0v) is 11.8. The molecule has 2 nitrogen and oxygen atoms in total. The van der Waals surface area contributed by atoms with E-state index in [9.17, 15) is 5.11 Å². The van der Waals surface area contributed by atoms with Gasteiger partial charge in [-0.05, 0) is 56.8 Å². The molecule has 2 rings (SSSR count). The first-order chi connectivity index (χ1) is 7.96. The van der Waals surface area contributed by atoms with Crippen LogP contribution in [-0.4, -0.2) is 35.2 Å². The number of aliphatic hydroxyl groups is 1. The lowest BCUT2D eigenvalue weighted by Crippen LogP contribution is -2.45. The van der Waals surface area contributed by atoms with Gasteiger partial charge in [0.25, 0.3) is 0 Å². The van der Waals surface area contributed by atoms with E-state index in [1.165, 1.54) is 32.2 Å². The van der Waals surface area contributed by atoms with Crippen molar-refractivity contribution in [2.75, 3.05) is 13.1 Å². The maximum atomic E-state index is 9.65. The molecule has 1 saturated carbocycles. The van der Waals surface area contributed by atoms with E-state index in [0.29, 0.717) is 11.5 Å². The van der Waals surface area contributed by atoms with Crippen molar-refractivity contribution >= 4 is 0 Å². The van der Waals surface area contributed by atoms with Crippen LogP contribution in [0.25, 0.3) is 0 Å². The molecule has 0 aromatic heterocycles. The number of hydrogen-bond donors (Lipinski definition) is 1. The average Bonchev–Trinajstić information content (AvgIpc) is 2.25. The molecule has 0 aromatic rings. The van der Waals surface area contributed by atoms with E-state index in [1.54, 1.807) is 0 Å². The molecule has 1 aliphatic carbocycles. The Labute approximate surface area is 106 Å². The zero-order chi connectivity index (χ0) is 12.5. The van der Waals surface area contributed by atoms with Gasteiger partial charge in [-0.15, -0.1) is 0 Å². The number of hydrogen-bond acceptors (Lipinski definition) is 2. The van der Waals surface area contributed by atoms with Crippen LogP contribution in [0.1, 0.15) is 59.3 Å². The smallest absolute Gasteiger partial charge is 0.0567 e. The second-order valence-corrected chi connectivity index (χ2v) is 7.13. The maximum absolute atomic E-state index is 9.65. The number of piperidine rings is 1. The first kappa shape index (κ1) is 13.4. The largest absolute Gasteiger partial charge is 0.393 e. The van der Waals surface area contributed by atoms with Crippen molar-refractivity contribution in [3.05, 3.63) is 0 Å². The molecule has 0 bridgehead atoms. The number of nitrogens with zero attached hydrogens (tertiary/aromatic N) is 1. The topological polar surface area (TPSA) is 23.5 Å². The monoisotopic (exact) mass is 239 g/mol. The fraction of sp³-hybridized carbons (Fsp3) is 1.00. The van der Waals surface area contributed by atoms with Crippen LogP contribution in [0.3, 0.4) is 0 Å². The van der Waals surface area contributed by atoms with Crippen LogP contribution in [0, 0.1) is 11.3 Å². The summed E-state index contributed by atoms with van der Waals surface area (Å²) in [5, 5.41) is 9.65. The zero-order valence-electron chi connectivity index (χ0n) is 11.8. The van der Waals surface area contributed by atoms with E-state index in [1.807, 2.05) is 0 Å². The quantitative estimate of drug-likeness (QED) is 0.800. The predicted octanol–water partition coefficient (Wildman–Crippen LogP) is 3.05. The SMILES string of the molecule is CC1CC(O)CCN1CC1CCC(C)(C)CC1. The van der Waals surface area contributed by atoms with Crippen molar-refractivity contribution in [1.29, 1.82) is 0 Å². The highest BCUT2D eigenvalue weighted by Gasteiger charge is 2.30. The molecular formula is C15H29NO. The summed E-state index contributed by atoms with van der Waals surface area (Å²) in [6.45, 7) is 9.45. The minimum Gasteiger partial charge on any atom is -0.393 e. The first-order valence-electron chi connectivity index (χ1n) is 7.38. The highest BCUT2D eigenvalue weighted by molar-refractivity contribution is 4.84. The Hall–Kier alpha value is -0.0800. The molecule has 0 radical (unpaired) electrons. The van der Waals surface area contributed by atoms with E-state index >= 15 is 0 Å². The molecule has 0 aromatic carbocycles. The minimum absolute atomic E-state index is 0.0495. The maximum Gasteiger partial charge on any atom is 0.0567 e. The lowest BCUT2D eigenvalue weighted by molar-refractivity contribution is 0.0317. The molecule has 2 unspecified atom stereocenters. The summed E-state index contributed by atoms with van der Waals surface area (Å²) in [6, 6.07) is 0.577. The molecule has 2 atom stereocenters. The lowest BCUT2D eigenvalue weighted by atomic mass is 9.73. The Balaban J connectivity index is 1.78. The summed E-state index contributed by atoms with van der Waals surface area (Å²) >= 11 is 0. The molecule has 0 amide bonds. The third-order valence-corrected chi connectivity index (χ3v) is 4.94. The average molecular weight is 239 g/mol. The van der Waals surface area contributed by atoms with Gasteiger partial charge in [0.15, 0.2) is 0 Å². The fourth-order valence-electron chi connectivity index (χ4n) is 3.44. The van der Waals surface area contributed by atoms with Crippen LogP contribution in [-0.2, 0) is 0 Å². The highest BCUT2D eigenvalue weighted by atomic mass is 16.3. The van der Waals surface area contributed by atoms with Crippen molar-refractivity contribution in [3.8, 4) is 0 Å². The minimum atomic E-state index is -0.0495. The van der Waals surface area contributed by atoms with Gasteiger partial charge in [-0.25, -0.2) is 0 Å². The molecule has 2 heteroatoms. The molecule has 2 fully saturated rings. The molecule has 17 heavy (non-hydrogen) atoms. The standard InChI is InChI=1S/C15H29NO/c1-12-10-14(17)6-9-16(12)11-13-4-7-15(2,3)8-5-13/h12-14,17H,4-11H2,1-3H3. The third-order valence-electron chi connectivity index (χ3n) is 4.94. The molecule has 1 N–H and O–H groups in total. The van der Waals surface area contributed by atoms with Crippen LogP contribution in [0.15, 0.2) is 0 Å². The fourth-order valence-corrected chi connectivity index (χ4v) is 3.44. The summed E-state index contributed by atoms with van der Waals surface area (Å²) in [6.07, 6.45) is 7.48. The summed E-state index contributed by atoms with van der Waals surface area (Å²) in [5.41, 5.74) is 0.584. The normalized spacial score (nSPS) is 36.0. The van der Waals surface area contributed by atoms with Crippen molar-refractivity contribution in [2.45, 2.75) is 71.4 Å². The van der Waals surface area contributed by atoms with Crippen molar-refractivity contribution in [3.63, 3.8) is 0 Å². The summed E-state index contributed by atoms with van der Waals surface area (Å²) in [7, 11) is 0. The Morgan fingerprint density at radius 3 is 2.41 bits per heavy atom. The van der Waals surface area contributed by atoms with Crippen molar-refractivity contribution in [1.82, 2.24) is 4.90 Å². The lowest BCUT2D eigenvalue weighted by Gasteiger charge is -2.41. The van der Waals surface area contributed by atoms with E-state index in [0.717, 1.165) is 25.3 Å². The summed E-state index contributed by atoms with van der Waals surface area (Å²) in [4.78, 5) is 2.61. The van der Waals surface area contributed by atoms with E-state index in [2.05, 4.69) is 25.7 Å². The Morgan fingerprint density at radius 2 is 1.82 bits per heavy atom. The van der Waals surface area contributed by atoms with Gasteiger partial charge in [-0.3, -0.25) is 0 Å². The molecule has 1 saturated heterocycles. The van der Waals surface area contributed by atoms with E-state index < -0.39 is 0 Å². The van der Waals surface area contributed by atoms with Crippen molar-refractivity contribution in [2.24, 2.45) is 11.3 Å². The summed E-state index contributed by atoms with van der Waals surface area (Å²) < 4.78 is 0. The Morgan fingerprint density at radius 1 is 1.18 bits per heavy atom. The summed E-state index contributed by atoms with van der Waals surface area (Å²) in [5.74, 6) is 0.903. The van der Waals surface area contributed by atoms with Crippen LogP contribution >= 0.6 is 0 Å². The predicted molar refractivity (Wildman–Crippen MR) is 72.0 cm³/mol. The molecule has 1 heterocycles. The van der Waals surface area contributed by atoms with Crippen molar-refractivity contribution < 1.29 is 5.11 Å². The van der Waals surface area contributed by atoms with Gasteiger partial charge in [-0.2, -0.15) is 0 Å². The van der Waals surface area contributed by atoms with Crippen LogP contribution < -0.4 is 0 Å². The van der Waals surface area contributed by atoms with Gasteiger partial charge in [0.1, 0.15) is 0 Å². The van der Waals surface area contributed by atoms with Crippen LogP contribution in [0.2, 0.25) is 0 Å². The van der Waals surface area contributed by atoms with E-state index in [4.69, 9.17) is 0 Å². The highest BCUT2D eigenvalue weighted by Crippen LogP contribution is 2.38. The molecule has 1 aliphatic heterocycles. The molecular weight excluding hydrogens is 210 g/mol. The van der Waals surface area contributed by atoms with Gasteiger partial charge in [0, 0.05) is 19.1 Å². The second kappa shape index (κ2) is 5.27. The van der Waals surface area contributed by atoms with E-state index in [-0.39, 0.29) is 6.10 Å².